The van der Waals surface area contributed by atoms with Crippen LogP contribution < -0.4 is 5.32 Å². The second-order valence-electron chi connectivity index (χ2n) is 5.93. The molecule has 2 rings (SSSR count). The highest BCUT2D eigenvalue weighted by Gasteiger charge is 2.30. The highest BCUT2D eigenvalue weighted by atomic mass is 19.4. The Kier molecular flexibility index (Phi) is 5.69. The van der Waals surface area contributed by atoms with E-state index in [0.717, 1.165) is 17.7 Å². The van der Waals surface area contributed by atoms with E-state index in [-0.39, 0.29) is 5.69 Å². The van der Waals surface area contributed by atoms with Crippen LogP contribution in [0.2, 0.25) is 0 Å². The number of ether oxygens (including phenoxy) is 1. The lowest BCUT2D eigenvalue weighted by atomic mass is 10.1. The molecule has 0 spiro atoms. The molecule has 4 nitrogen and oxygen atoms in total. The van der Waals surface area contributed by atoms with Gasteiger partial charge in [0.1, 0.15) is 0 Å². The molecule has 2 aromatic rings. The molecular weight excluding hydrogens is 347 g/mol. The smallest absolute Gasteiger partial charge is 0.416 e. The van der Waals surface area contributed by atoms with Gasteiger partial charge in [-0.25, -0.2) is 4.79 Å². The van der Waals surface area contributed by atoms with Crippen LogP contribution >= 0.6 is 0 Å². The molecule has 1 atom stereocenters. The summed E-state index contributed by atoms with van der Waals surface area (Å²) in [7, 11) is 0. The van der Waals surface area contributed by atoms with Crippen LogP contribution in [-0.4, -0.2) is 18.0 Å². The van der Waals surface area contributed by atoms with E-state index in [9.17, 15) is 22.8 Å². The molecule has 0 aliphatic rings. The standard InChI is InChI=1S/C19H18F3NO3/c1-11-7-8-12(2)16(9-11)18(25)26-13(3)17(24)23-15-6-4-5-14(10-15)19(20,21)22/h4-10,13H,1-3H3,(H,23,24). The van der Waals surface area contributed by atoms with E-state index in [1.165, 1.54) is 19.1 Å². The summed E-state index contributed by atoms with van der Waals surface area (Å²) in [5, 5.41) is 2.32. The van der Waals surface area contributed by atoms with Crippen molar-refractivity contribution in [3.63, 3.8) is 0 Å². The summed E-state index contributed by atoms with van der Waals surface area (Å²) in [5.41, 5.74) is 0.994. The van der Waals surface area contributed by atoms with Gasteiger partial charge >= 0.3 is 12.1 Å². The summed E-state index contributed by atoms with van der Waals surface area (Å²) in [6.45, 7) is 4.91. The first-order valence-corrected chi connectivity index (χ1v) is 7.84. The lowest BCUT2D eigenvalue weighted by Crippen LogP contribution is -2.30. The number of benzene rings is 2. The average molecular weight is 365 g/mol. The van der Waals surface area contributed by atoms with E-state index in [0.29, 0.717) is 11.1 Å². The molecule has 0 aliphatic heterocycles. The molecule has 7 heteroatoms. The van der Waals surface area contributed by atoms with E-state index >= 15 is 0 Å². The first-order chi connectivity index (χ1) is 12.1. The molecule has 0 radical (unpaired) electrons. The molecule has 1 N–H and O–H groups in total. The Labute approximate surface area is 149 Å². The van der Waals surface area contributed by atoms with Gasteiger partial charge in [0.05, 0.1) is 11.1 Å². The Morgan fingerprint density at radius 3 is 2.42 bits per heavy atom. The van der Waals surface area contributed by atoms with Crippen LogP contribution in [0.15, 0.2) is 42.5 Å². The van der Waals surface area contributed by atoms with Gasteiger partial charge < -0.3 is 10.1 Å². The lowest BCUT2D eigenvalue weighted by molar-refractivity contribution is -0.137. The number of alkyl halides is 3. The van der Waals surface area contributed by atoms with Crippen molar-refractivity contribution in [2.75, 3.05) is 5.32 Å². The number of hydrogen-bond acceptors (Lipinski definition) is 3. The quantitative estimate of drug-likeness (QED) is 0.812. The van der Waals surface area contributed by atoms with Crippen molar-refractivity contribution >= 4 is 17.6 Å². The Morgan fingerprint density at radius 1 is 1.08 bits per heavy atom. The minimum atomic E-state index is -4.51. The van der Waals surface area contributed by atoms with Crippen LogP contribution in [-0.2, 0) is 15.7 Å². The van der Waals surface area contributed by atoms with E-state index < -0.39 is 29.7 Å². The number of halogens is 3. The highest BCUT2D eigenvalue weighted by molar-refractivity contribution is 5.97. The Hall–Kier alpha value is -2.83. The number of esters is 1. The van der Waals surface area contributed by atoms with E-state index in [1.807, 2.05) is 13.0 Å². The van der Waals surface area contributed by atoms with Crippen molar-refractivity contribution < 1.29 is 27.5 Å². The maximum Gasteiger partial charge on any atom is 0.416 e. The van der Waals surface area contributed by atoms with Crippen molar-refractivity contribution in [1.82, 2.24) is 0 Å². The van der Waals surface area contributed by atoms with Gasteiger partial charge in [0.15, 0.2) is 6.10 Å². The third-order valence-electron chi connectivity index (χ3n) is 3.72. The highest BCUT2D eigenvalue weighted by Crippen LogP contribution is 2.30. The average Bonchev–Trinajstić information content (AvgIpc) is 2.56. The molecule has 0 saturated carbocycles. The second-order valence-corrected chi connectivity index (χ2v) is 5.93. The summed E-state index contributed by atoms with van der Waals surface area (Å²) < 4.78 is 43.3. The number of nitrogens with one attached hydrogen (secondary N) is 1. The van der Waals surface area contributed by atoms with Crippen LogP contribution in [0.5, 0.6) is 0 Å². The predicted octanol–water partition coefficient (Wildman–Crippen LogP) is 4.51. The zero-order valence-corrected chi connectivity index (χ0v) is 14.5. The van der Waals surface area contributed by atoms with E-state index in [4.69, 9.17) is 4.74 Å². The van der Waals surface area contributed by atoms with Gasteiger partial charge in [-0.1, -0.05) is 23.8 Å². The van der Waals surface area contributed by atoms with Crippen LogP contribution in [0.25, 0.3) is 0 Å². The first kappa shape index (κ1) is 19.5. The molecule has 1 unspecified atom stereocenters. The monoisotopic (exact) mass is 365 g/mol. The van der Waals surface area contributed by atoms with E-state index in [1.54, 1.807) is 19.1 Å². The largest absolute Gasteiger partial charge is 0.449 e. The minimum Gasteiger partial charge on any atom is -0.449 e. The molecule has 138 valence electrons. The van der Waals surface area contributed by atoms with Crippen molar-refractivity contribution in [1.29, 1.82) is 0 Å². The Balaban J connectivity index is 2.06. The summed E-state index contributed by atoms with van der Waals surface area (Å²) in [4.78, 5) is 24.3. The zero-order chi connectivity index (χ0) is 19.5. The maximum absolute atomic E-state index is 12.7. The molecule has 0 fully saturated rings. The van der Waals surface area contributed by atoms with Crippen molar-refractivity contribution in [3.8, 4) is 0 Å². The molecule has 0 saturated heterocycles. The van der Waals surface area contributed by atoms with Gasteiger partial charge in [-0.15, -0.1) is 0 Å². The lowest BCUT2D eigenvalue weighted by Gasteiger charge is -2.15. The summed E-state index contributed by atoms with van der Waals surface area (Å²) in [5.74, 6) is -1.39. The van der Waals surface area contributed by atoms with Crippen LogP contribution in [0.4, 0.5) is 18.9 Å². The van der Waals surface area contributed by atoms with Gasteiger partial charge in [0.2, 0.25) is 0 Å². The van der Waals surface area contributed by atoms with Gasteiger partial charge in [-0.3, -0.25) is 4.79 Å². The maximum atomic E-state index is 12.7. The number of aryl methyl sites for hydroxylation is 2. The molecule has 2 aromatic carbocycles. The molecule has 0 aliphatic carbocycles. The SMILES string of the molecule is Cc1ccc(C)c(C(=O)OC(C)C(=O)Nc2cccc(C(F)(F)F)c2)c1. The van der Waals surface area contributed by atoms with Crippen LogP contribution in [0.3, 0.4) is 0 Å². The molecular formula is C19H18F3NO3. The molecule has 1 amide bonds. The van der Waals surface area contributed by atoms with Crippen molar-refractivity contribution in [2.24, 2.45) is 0 Å². The summed E-state index contributed by atoms with van der Waals surface area (Å²) in [6, 6.07) is 9.48. The van der Waals surface area contributed by atoms with Crippen molar-refractivity contribution in [3.05, 3.63) is 64.7 Å². The van der Waals surface area contributed by atoms with Crippen molar-refractivity contribution in [2.45, 2.75) is 33.1 Å². The molecule has 0 heterocycles. The van der Waals surface area contributed by atoms with Gasteiger partial charge in [-0.05, 0) is 50.6 Å². The summed E-state index contributed by atoms with van der Waals surface area (Å²) in [6.07, 6.45) is -5.68. The topological polar surface area (TPSA) is 55.4 Å². The molecule has 26 heavy (non-hydrogen) atoms. The van der Waals surface area contributed by atoms with Crippen LogP contribution in [0.1, 0.15) is 34.0 Å². The van der Waals surface area contributed by atoms with Gasteiger partial charge in [-0.2, -0.15) is 13.2 Å². The zero-order valence-electron chi connectivity index (χ0n) is 14.5. The predicted molar refractivity (Wildman–Crippen MR) is 90.9 cm³/mol. The fourth-order valence-electron chi connectivity index (χ4n) is 2.25. The Bertz CT molecular complexity index is 831. The number of carbonyl (C=O) groups is 2. The van der Waals surface area contributed by atoms with Gasteiger partial charge in [0.25, 0.3) is 5.91 Å². The van der Waals surface area contributed by atoms with E-state index in [2.05, 4.69) is 5.32 Å². The van der Waals surface area contributed by atoms with Crippen LogP contribution in [0, 0.1) is 13.8 Å². The second kappa shape index (κ2) is 7.59. The number of hydrogen-bond donors (Lipinski definition) is 1. The third kappa shape index (κ3) is 4.84. The fourth-order valence-corrected chi connectivity index (χ4v) is 2.25. The Morgan fingerprint density at radius 2 is 1.77 bits per heavy atom. The number of anilines is 1. The number of amides is 1. The number of carbonyl (C=O) groups excluding carboxylic acids is 2. The number of rotatable bonds is 4. The molecule has 0 aromatic heterocycles. The first-order valence-electron chi connectivity index (χ1n) is 7.84. The summed E-state index contributed by atoms with van der Waals surface area (Å²) >= 11 is 0. The third-order valence-corrected chi connectivity index (χ3v) is 3.72. The minimum absolute atomic E-state index is 0.0283. The normalized spacial score (nSPS) is 12.4. The fraction of sp³-hybridized carbons (Fsp3) is 0.263. The molecule has 0 bridgehead atoms. The van der Waals surface area contributed by atoms with Gasteiger partial charge in [0, 0.05) is 5.69 Å².